The van der Waals surface area contributed by atoms with Crippen LogP contribution in [0.4, 0.5) is 4.39 Å². The van der Waals surface area contributed by atoms with Gasteiger partial charge in [0.05, 0.1) is 6.20 Å². The van der Waals surface area contributed by atoms with Gasteiger partial charge >= 0.3 is 6.08 Å². The lowest BCUT2D eigenvalue weighted by Crippen LogP contribution is -1.86. The van der Waals surface area contributed by atoms with E-state index in [1.807, 2.05) is 0 Å². The van der Waals surface area contributed by atoms with Gasteiger partial charge in [-0.25, -0.2) is 4.39 Å². The maximum absolute atomic E-state index is 13.1. The van der Waals surface area contributed by atoms with Crippen molar-refractivity contribution in [2.45, 2.75) is 6.92 Å². The summed E-state index contributed by atoms with van der Waals surface area (Å²) in [6.45, 7) is 1.74. The lowest BCUT2D eigenvalue weighted by atomic mass is 10.3. The van der Waals surface area contributed by atoms with Gasteiger partial charge < -0.3 is 9.15 Å². The lowest BCUT2D eigenvalue weighted by Gasteiger charge is -2.00. The predicted molar refractivity (Wildman–Crippen MR) is 47.7 cm³/mol. The molecule has 0 aliphatic heterocycles. The molecule has 0 fully saturated rings. The Morgan fingerprint density at radius 3 is 2.79 bits per heavy atom. The standard InChI is InChI=1S/C10H8FNO2/c1-7-6-12-10(13-7)14-9-5-3-2-4-8(9)11/h2-6H,1H3. The van der Waals surface area contributed by atoms with Crippen LogP contribution in [-0.4, -0.2) is 4.98 Å². The number of aryl methyl sites for hydroxylation is 1. The number of aromatic nitrogens is 1. The van der Waals surface area contributed by atoms with Gasteiger partial charge in [0.1, 0.15) is 5.76 Å². The van der Waals surface area contributed by atoms with Crippen molar-refractivity contribution in [3.63, 3.8) is 0 Å². The van der Waals surface area contributed by atoms with Gasteiger partial charge in [-0.15, -0.1) is 0 Å². The van der Waals surface area contributed by atoms with Crippen LogP contribution < -0.4 is 4.74 Å². The van der Waals surface area contributed by atoms with Crippen molar-refractivity contribution in [2.24, 2.45) is 0 Å². The number of rotatable bonds is 2. The van der Waals surface area contributed by atoms with Crippen LogP contribution in [0.2, 0.25) is 0 Å². The quantitative estimate of drug-likeness (QED) is 0.735. The third-order valence-corrected chi connectivity index (χ3v) is 1.63. The fourth-order valence-electron chi connectivity index (χ4n) is 1.00. The van der Waals surface area contributed by atoms with Gasteiger partial charge in [-0.05, 0) is 19.1 Å². The number of benzene rings is 1. The van der Waals surface area contributed by atoms with Crippen LogP contribution in [0.15, 0.2) is 34.9 Å². The Balaban J connectivity index is 2.23. The van der Waals surface area contributed by atoms with E-state index in [1.54, 1.807) is 19.1 Å². The molecule has 72 valence electrons. The van der Waals surface area contributed by atoms with Crippen LogP contribution in [0, 0.1) is 12.7 Å². The molecule has 0 bridgehead atoms. The van der Waals surface area contributed by atoms with E-state index < -0.39 is 5.82 Å². The van der Waals surface area contributed by atoms with Gasteiger partial charge in [0.2, 0.25) is 0 Å². The second-order valence-electron chi connectivity index (χ2n) is 2.77. The van der Waals surface area contributed by atoms with E-state index in [0.29, 0.717) is 5.76 Å². The largest absolute Gasteiger partial charge is 0.414 e. The maximum atomic E-state index is 13.1. The summed E-state index contributed by atoms with van der Waals surface area (Å²) in [7, 11) is 0. The Bertz CT molecular complexity index is 439. The Morgan fingerprint density at radius 2 is 2.14 bits per heavy atom. The first-order chi connectivity index (χ1) is 6.75. The van der Waals surface area contributed by atoms with Crippen molar-refractivity contribution in [1.82, 2.24) is 4.98 Å². The van der Waals surface area contributed by atoms with E-state index in [-0.39, 0.29) is 11.8 Å². The van der Waals surface area contributed by atoms with Crippen LogP contribution in [0.5, 0.6) is 11.8 Å². The number of halogens is 1. The van der Waals surface area contributed by atoms with Crippen LogP contribution in [-0.2, 0) is 0 Å². The van der Waals surface area contributed by atoms with Crippen LogP contribution in [0.3, 0.4) is 0 Å². The highest BCUT2D eigenvalue weighted by molar-refractivity contribution is 5.25. The van der Waals surface area contributed by atoms with Crippen molar-refractivity contribution < 1.29 is 13.5 Å². The molecule has 0 aliphatic rings. The third-order valence-electron chi connectivity index (χ3n) is 1.63. The summed E-state index contributed by atoms with van der Waals surface area (Å²) in [5, 5.41) is 0. The fourth-order valence-corrected chi connectivity index (χ4v) is 1.00. The molecule has 0 amide bonds. The molecule has 1 aromatic carbocycles. The summed E-state index contributed by atoms with van der Waals surface area (Å²) in [6, 6.07) is 6.08. The minimum atomic E-state index is -0.441. The van der Waals surface area contributed by atoms with Gasteiger partial charge in [0, 0.05) is 0 Å². The number of para-hydroxylation sites is 1. The minimum Gasteiger partial charge on any atom is -0.414 e. The molecule has 0 saturated heterocycles. The Kier molecular flexibility index (Phi) is 2.18. The molecule has 14 heavy (non-hydrogen) atoms. The van der Waals surface area contributed by atoms with Gasteiger partial charge in [-0.1, -0.05) is 12.1 Å². The van der Waals surface area contributed by atoms with Gasteiger partial charge in [-0.2, -0.15) is 4.98 Å². The molecule has 0 atom stereocenters. The van der Waals surface area contributed by atoms with Crippen molar-refractivity contribution >= 4 is 0 Å². The summed E-state index contributed by atoms with van der Waals surface area (Å²) in [5.41, 5.74) is 0. The second kappa shape index (κ2) is 3.49. The predicted octanol–water partition coefficient (Wildman–Crippen LogP) is 2.91. The monoisotopic (exact) mass is 193 g/mol. The molecular weight excluding hydrogens is 185 g/mol. The first-order valence-corrected chi connectivity index (χ1v) is 4.10. The number of nitrogens with zero attached hydrogens (tertiary/aromatic N) is 1. The number of ether oxygens (including phenoxy) is 1. The average Bonchev–Trinajstić information content (AvgIpc) is 2.56. The highest BCUT2D eigenvalue weighted by atomic mass is 19.1. The summed E-state index contributed by atoms with van der Waals surface area (Å²) in [4.78, 5) is 3.80. The molecule has 2 aromatic rings. The summed E-state index contributed by atoms with van der Waals surface area (Å²) >= 11 is 0. The molecule has 2 rings (SSSR count). The molecule has 0 saturated carbocycles. The summed E-state index contributed by atoms with van der Waals surface area (Å²) in [6.07, 6.45) is 1.56. The van der Waals surface area contributed by atoms with Crippen molar-refractivity contribution in [1.29, 1.82) is 0 Å². The van der Waals surface area contributed by atoms with Crippen molar-refractivity contribution in [3.8, 4) is 11.8 Å². The topological polar surface area (TPSA) is 35.3 Å². The van der Waals surface area contributed by atoms with E-state index in [4.69, 9.17) is 9.15 Å². The van der Waals surface area contributed by atoms with Crippen LogP contribution >= 0.6 is 0 Å². The van der Waals surface area contributed by atoms with Crippen molar-refractivity contribution in [2.75, 3.05) is 0 Å². The molecule has 0 spiro atoms. The molecule has 4 heteroatoms. The molecule has 1 heterocycles. The fraction of sp³-hybridized carbons (Fsp3) is 0.100. The molecule has 1 aromatic heterocycles. The molecular formula is C10H8FNO2. The number of oxazole rings is 1. The average molecular weight is 193 g/mol. The van der Waals surface area contributed by atoms with E-state index in [1.165, 1.54) is 18.3 Å². The second-order valence-corrected chi connectivity index (χ2v) is 2.77. The Labute approximate surface area is 80.1 Å². The lowest BCUT2D eigenvalue weighted by molar-refractivity contribution is 0.311. The SMILES string of the molecule is Cc1cnc(Oc2ccccc2F)o1. The van der Waals surface area contributed by atoms with Crippen molar-refractivity contribution in [3.05, 3.63) is 42.0 Å². The van der Waals surface area contributed by atoms with E-state index >= 15 is 0 Å². The summed E-state index contributed by atoms with van der Waals surface area (Å²) < 4.78 is 23.2. The zero-order valence-electron chi connectivity index (χ0n) is 7.53. The van der Waals surface area contributed by atoms with Gasteiger partial charge in [-0.3, -0.25) is 0 Å². The third kappa shape index (κ3) is 1.74. The summed E-state index contributed by atoms with van der Waals surface area (Å²) in [5.74, 6) is 0.286. The smallest absolute Gasteiger partial charge is 0.399 e. The van der Waals surface area contributed by atoms with Crippen LogP contribution in [0.25, 0.3) is 0 Å². The Hall–Kier alpha value is -1.84. The van der Waals surface area contributed by atoms with Crippen LogP contribution in [0.1, 0.15) is 5.76 Å². The number of hydrogen-bond donors (Lipinski definition) is 0. The number of hydrogen-bond acceptors (Lipinski definition) is 3. The maximum Gasteiger partial charge on any atom is 0.399 e. The van der Waals surface area contributed by atoms with Gasteiger partial charge in [0.15, 0.2) is 11.6 Å². The normalized spacial score (nSPS) is 10.1. The van der Waals surface area contributed by atoms with E-state index in [0.717, 1.165) is 0 Å². The molecule has 3 nitrogen and oxygen atoms in total. The highest BCUT2D eigenvalue weighted by Crippen LogP contribution is 2.23. The van der Waals surface area contributed by atoms with E-state index in [9.17, 15) is 4.39 Å². The molecule has 0 radical (unpaired) electrons. The zero-order valence-corrected chi connectivity index (χ0v) is 7.53. The molecule has 0 N–H and O–H groups in total. The van der Waals surface area contributed by atoms with Gasteiger partial charge in [0.25, 0.3) is 0 Å². The first-order valence-electron chi connectivity index (χ1n) is 4.10. The van der Waals surface area contributed by atoms with E-state index in [2.05, 4.69) is 4.98 Å². The molecule has 0 unspecified atom stereocenters. The molecule has 0 aliphatic carbocycles. The first kappa shape index (κ1) is 8.74. The Morgan fingerprint density at radius 1 is 1.36 bits per heavy atom. The minimum absolute atomic E-state index is 0.0487. The zero-order chi connectivity index (χ0) is 9.97. The highest BCUT2D eigenvalue weighted by Gasteiger charge is 2.06.